The maximum Gasteiger partial charge on any atom is -0.0307 e. The Morgan fingerprint density at radius 3 is 1.25 bits per heavy atom. The summed E-state index contributed by atoms with van der Waals surface area (Å²) in [6.07, 6.45) is 12.4. The Morgan fingerprint density at radius 1 is 0.625 bits per heavy atom. The van der Waals surface area contributed by atoms with Gasteiger partial charge in [-0.3, -0.25) is 0 Å². The van der Waals surface area contributed by atoms with E-state index in [1.165, 1.54) is 62.5 Å². The smallest absolute Gasteiger partial charge is 0.0307 e. The molecule has 0 aliphatic rings. The predicted octanol–water partition coefficient (Wildman–Crippen LogP) is 9.39. The lowest BCUT2D eigenvalue weighted by molar-refractivity contribution is 0.602. The minimum atomic E-state index is 0. The van der Waals surface area contributed by atoms with E-state index in [4.69, 9.17) is 0 Å². The summed E-state index contributed by atoms with van der Waals surface area (Å²) in [5.74, 6) is 0. The highest BCUT2D eigenvalue weighted by Gasteiger charge is 1.86. The minimum Gasteiger partial charge on any atom is -0.0776 e. The molecule has 0 fully saturated rings. The predicted molar refractivity (Wildman–Crippen MR) is 118 cm³/mol. The third kappa shape index (κ3) is 29.3. The standard InChI is InChI=1S/C9H12.C9H20.C3H8.C2H6.CH4/c1-3-9-6-4-8(2)5-7-9;1-3-5-7-9-8-6-4-2;1-3-2;1-2;/h4-7H,3H2,1-2H3;3-9H2,1-2H3;3H2,1-2H3;1-2H3;1H4. The Kier molecular flexibility index (Phi) is 39.0. The summed E-state index contributed by atoms with van der Waals surface area (Å²) < 4.78 is 0. The van der Waals surface area contributed by atoms with Gasteiger partial charge in [0.05, 0.1) is 0 Å². The van der Waals surface area contributed by atoms with Gasteiger partial charge in [-0.25, -0.2) is 0 Å². The van der Waals surface area contributed by atoms with Crippen LogP contribution in [0.5, 0.6) is 0 Å². The summed E-state index contributed by atoms with van der Waals surface area (Å²) in [5.41, 5.74) is 2.76. The Balaban J connectivity index is -0.000000127. The van der Waals surface area contributed by atoms with Crippen molar-refractivity contribution >= 4 is 0 Å². The highest BCUT2D eigenvalue weighted by Crippen LogP contribution is 2.05. The molecule has 1 aromatic rings. The average molecular weight is 339 g/mol. The van der Waals surface area contributed by atoms with Crippen LogP contribution in [0.15, 0.2) is 24.3 Å². The fourth-order valence-electron chi connectivity index (χ4n) is 1.85. The summed E-state index contributed by atoms with van der Waals surface area (Å²) in [7, 11) is 0. The van der Waals surface area contributed by atoms with Gasteiger partial charge in [-0.1, -0.05) is 137 Å². The maximum atomic E-state index is 2.26. The second kappa shape index (κ2) is 30.1. The number of unbranched alkanes of at least 4 members (excludes halogenated alkanes) is 6. The quantitative estimate of drug-likeness (QED) is 0.434. The van der Waals surface area contributed by atoms with Gasteiger partial charge in [-0.2, -0.15) is 0 Å². The number of hydrogen-bond donors (Lipinski definition) is 0. The van der Waals surface area contributed by atoms with E-state index >= 15 is 0 Å². The lowest BCUT2D eigenvalue weighted by Crippen LogP contribution is -1.77. The van der Waals surface area contributed by atoms with Crippen LogP contribution in [0.4, 0.5) is 0 Å². The molecule has 0 heterocycles. The van der Waals surface area contributed by atoms with E-state index in [0.29, 0.717) is 0 Å². The van der Waals surface area contributed by atoms with Crippen molar-refractivity contribution in [1.82, 2.24) is 0 Å². The molecule has 146 valence electrons. The first-order valence-electron chi connectivity index (χ1n) is 10.2. The van der Waals surface area contributed by atoms with Gasteiger partial charge in [-0.15, -0.1) is 0 Å². The van der Waals surface area contributed by atoms with Gasteiger partial charge < -0.3 is 0 Å². The van der Waals surface area contributed by atoms with Crippen LogP contribution in [0.25, 0.3) is 0 Å². The van der Waals surface area contributed by atoms with Crippen molar-refractivity contribution in [3.05, 3.63) is 35.4 Å². The van der Waals surface area contributed by atoms with Gasteiger partial charge >= 0.3 is 0 Å². The third-order valence-corrected chi connectivity index (χ3v) is 3.24. The van der Waals surface area contributed by atoms with Crippen LogP contribution in [-0.2, 0) is 6.42 Å². The minimum absolute atomic E-state index is 0. The molecule has 0 N–H and O–H groups in total. The maximum absolute atomic E-state index is 2.26. The fraction of sp³-hybridized carbons (Fsp3) is 0.750. The summed E-state index contributed by atoms with van der Waals surface area (Å²) in [5, 5.41) is 0. The molecule has 1 rings (SSSR count). The number of benzene rings is 1. The van der Waals surface area contributed by atoms with E-state index in [2.05, 4.69) is 65.8 Å². The monoisotopic (exact) mass is 338 g/mol. The number of rotatable bonds is 7. The molecule has 0 heteroatoms. The zero-order chi connectivity index (χ0) is 18.3. The SMILES string of the molecule is C.CC.CCC.CCCCCCCCC.CCc1ccc(C)cc1. The molecule has 0 saturated carbocycles. The van der Waals surface area contributed by atoms with E-state index in [1.807, 2.05) is 13.8 Å². The zero-order valence-electron chi connectivity index (χ0n) is 17.7. The Bertz CT molecular complexity index is 265. The third-order valence-electron chi connectivity index (χ3n) is 3.24. The van der Waals surface area contributed by atoms with Crippen LogP contribution in [-0.4, -0.2) is 0 Å². The van der Waals surface area contributed by atoms with Crippen molar-refractivity contribution in [2.75, 3.05) is 0 Å². The normalized spacial score (nSPS) is 8.33. The summed E-state index contributed by atoms with van der Waals surface area (Å²) in [6, 6.07) is 8.66. The molecule has 0 aromatic heterocycles. The van der Waals surface area contributed by atoms with Crippen molar-refractivity contribution < 1.29 is 0 Å². The molecule has 1 aromatic carbocycles. The van der Waals surface area contributed by atoms with E-state index < -0.39 is 0 Å². The second-order valence-electron chi connectivity index (χ2n) is 5.81. The summed E-state index contributed by atoms with van der Waals surface area (Å²) in [6.45, 7) is 17.1. The lowest BCUT2D eigenvalue weighted by Gasteiger charge is -1.96. The molecular weight excluding hydrogens is 288 g/mol. The van der Waals surface area contributed by atoms with Gasteiger partial charge in [0.2, 0.25) is 0 Å². The average Bonchev–Trinajstić information content (AvgIpc) is 2.59. The molecule has 0 unspecified atom stereocenters. The molecular formula is C24H50. The van der Waals surface area contributed by atoms with Gasteiger partial charge in [0.15, 0.2) is 0 Å². The van der Waals surface area contributed by atoms with Crippen molar-refractivity contribution in [2.45, 2.75) is 121 Å². The highest BCUT2D eigenvalue weighted by molar-refractivity contribution is 5.20. The van der Waals surface area contributed by atoms with Crippen LogP contribution in [0, 0.1) is 6.92 Å². The number of hydrogen-bond acceptors (Lipinski definition) is 0. The molecule has 0 amide bonds. The van der Waals surface area contributed by atoms with Gasteiger partial charge in [-0.05, 0) is 18.9 Å². The first-order chi connectivity index (χ1) is 11.2. The highest BCUT2D eigenvalue weighted by atomic mass is 13.9. The van der Waals surface area contributed by atoms with Crippen LogP contribution < -0.4 is 0 Å². The van der Waals surface area contributed by atoms with Crippen molar-refractivity contribution in [2.24, 2.45) is 0 Å². The van der Waals surface area contributed by atoms with Gasteiger partial charge in [0.25, 0.3) is 0 Å². The zero-order valence-corrected chi connectivity index (χ0v) is 17.7. The topological polar surface area (TPSA) is 0 Å². The van der Waals surface area contributed by atoms with Crippen molar-refractivity contribution in [3.8, 4) is 0 Å². The second-order valence-corrected chi connectivity index (χ2v) is 5.81. The Labute approximate surface area is 156 Å². The molecule has 0 aliphatic heterocycles. The van der Waals surface area contributed by atoms with Gasteiger partial charge in [0.1, 0.15) is 0 Å². The first kappa shape index (κ1) is 31.0. The Morgan fingerprint density at radius 2 is 0.958 bits per heavy atom. The van der Waals surface area contributed by atoms with E-state index in [9.17, 15) is 0 Å². The molecule has 0 spiro atoms. The largest absolute Gasteiger partial charge is 0.0776 e. The molecule has 0 nitrogen and oxygen atoms in total. The first-order valence-corrected chi connectivity index (χ1v) is 10.2. The lowest BCUT2D eigenvalue weighted by atomic mass is 10.1. The number of aryl methyl sites for hydroxylation is 2. The van der Waals surface area contributed by atoms with Crippen LogP contribution >= 0.6 is 0 Å². The summed E-state index contributed by atoms with van der Waals surface area (Å²) >= 11 is 0. The van der Waals surface area contributed by atoms with Crippen LogP contribution in [0.2, 0.25) is 0 Å². The molecule has 24 heavy (non-hydrogen) atoms. The molecule has 0 radical (unpaired) electrons. The van der Waals surface area contributed by atoms with E-state index in [1.54, 1.807) is 0 Å². The van der Waals surface area contributed by atoms with Gasteiger partial charge in [0, 0.05) is 0 Å². The van der Waals surface area contributed by atoms with Crippen molar-refractivity contribution in [1.29, 1.82) is 0 Å². The van der Waals surface area contributed by atoms with Crippen molar-refractivity contribution in [3.63, 3.8) is 0 Å². The molecule has 0 bridgehead atoms. The van der Waals surface area contributed by atoms with E-state index in [-0.39, 0.29) is 7.43 Å². The van der Waals surface area contributed by atoms with Crippen LogP contribution in [0.3, 0.4) is 0 Å². The fourth-order valence-corrected chi connectivity index (χ4v) is 1.85. The molecule has 0 aliphatic carbocycles. The Hall–Kier alpha value is -0.780. The molecule has 0 atom stereocenters. The van der Waals surface area contributed by atoms with Crippen LogP contribution in [0.1, 0.15) is 118 Å². The summed E-state index contributed by atoms with van der Waals surface area (Å²) in [4.78, 5) is 0. The van der Waals surface area contributed by atoms with E-state index in [0.717, 1.165) is 6.42 Å². The molecule has 0 saturated heterocycles.